The highest BCUT2D eigenvalue weighted by Crippen LogP contribution is 2.41. The second-order valence-corrected chi connectivity index (χ2v) is 8.15. The molecular formula is C15H22N2O2S. The minimum atomic E-state index is -3.22. The predicted octanol–water partition coefficient (Wildman–Crippen LogP) is 1.60. The molecule has 0 saturated heterocycles. The second kappa shape index (κ2) is 5.47. The highest BCUT2D eigenvalue weighted by Gasteiger charge is 2.42. The smallest absolute Gasteiger partial charge is 0.215 e. The Balaban J connectivity index is 1.52. The molecule has 1 aromatic carbocycles. The van der Waals surface area contributed by atoms with Crippen molar-refractivity contribution in [3.63, 3.8) is 0 Å². The third-order valence-corrected chi connectivity index (χ3v) is 5.99. The highest BCUT2D eigenvalue weighted by atomic mass is 32.2. The molecule has 2 aliphatic rings. The van der Waals surface area contributed by atoms with E-state index in [2.05, 4.69) is 22.2 Å². The zero-order valence-corrected chi connectivity index (χ0v) is 12.6. The van der Waals surface area contributed by atoms with Crippen LogP contribution >= 0.6 is 0 Å². The summed E-state index contributed by atoms with van der Waals surface area (Å²) in [7, 11) is -3.22. The molecule has 3 atom stereocenters. The lowest BCUT2D eigenvalue weighted by Crippen LogP contribution is -2.40. The van der Waals surface area contributed by atoms with Gasteiger partial charge in [0.2, 0.25) is 10.0 Å². The van der Waals surface area contributed by atoms with E-state index in [-0.39, 0.29) is 11.3 Å². The molecule has 0 bridgehead atoms. The number of nitrogens with one attached hydrogen (secondary N) is 2. The summed E-state index contributed by atoms with van der Waals surface area (Å²) in [5, 5.41) is 2.90. The van der Waals surface area contributed by atoms with Crippen molar-refractivity contribution in [3.8, 4) is 0 Å². The minimum Gasteiger partial charge on any atom is -0.313 e. The van der Waals surface area contributed by atoms with Gasteiger partial charge in [0.05, 0.1) is 5.25 Å². The maximum atomic E-state index is 12.2. The van der Waals surface area contributed by atoms with Crippen molar-refractivity contribution in [1.82, 2.24) is 10.0 Å². The zero-order chi connectivity index (χ0) is 14.2. The van der Waals surface area contributed by atoms with E-state index in [1.807, 2.05) is 18.2 Å². The summed E-state index contributed by atoms with van der Waals surface area (Å²) in [5.74, 6) is 0.342. The summed E-state index contributed by atoms with van der Waals surface area (Å²) < 4.78 is 27.3. The van der Waals surface area contributed by atoms with Crippen LogP contribution in [0.1, 0.15) is 37.7 Å². The van der Waals surface area contributed by atoms with Gasteiger partial charge in [-0.1, -0.05) is 30.3 Å². The third-order valence-electron chi connectivity index (χ3n) is 4.13. The first-order valence-corrected chi connectivity index (χ1v) is 8.90. The van der Waals surface area contributed by atoms with Gasteiger partial charge < -0.3 is 5.32 Å². The van der Waals surface area contributed by atoms with Crippen LogP contribution in [-0.2, 0) is 10.0 Å². The summed E-state index contributed by atoms with van der Waals surface area (Å²) in [4.78, 5) is 0. The first kappa shape index (κ1) is 14.0. The van der Waals surface area contributed by atoms with Crippen LogP contribution in [0.3, 0.4) is 0 Å². The fourth-order valence-corrected chi connectivity index (χ4v) is 3.68. The number of benzene rings is 1. The Morgan fingerprint density at radius 3 is 2.60 bits per heavy atom. The van der Waals surface area contributed by atoms with E-state index < -0.39 is 10.0 Å². The van der Waals surface area contributed by atoms with Crippen molar-refractivity contribution < 1.29 is 8.42 Å². The Labute approximate surface area is 121 Å². The molecule has 0 spiro atoms. The number of hydrogen-bond donors (Lipinski definition) is 2. The van der Waals surface area contributed by atoms with Gasteiger partial charge in [-0.2, -0.15) is 0 Å². The van der Waals surface area contributed by atoms with Gasteiger partial charge in [-0.05, 0) is 31.7 Å². The van der Waals surface area contributed by atoms with Crippen molar-refractivity contribution in [2.45, 2.75) is 49.4 Å². The molecular weight excluding hydrogens is 272 g/mol. The minimum absolute atomic E-state index is 0.0748. The normalized spacial score (nSPS) is 27.2. The Bertz CT molecular complexity index is 554. The van der Waals surface area contributed by atoms with Gasteiger partial charge in [0.25, 0.3) is 0 Å². The van der Waals surface area contributed by atoms with Crippen LogP contribution in [0, 0.1) is 0 Å². The monoisotopic (exact) mass is 294 g/mol. The van der Waals surface area contributed by atoms with Crippen LogP contribution in [-0.4, -0.2) is 32.3 Å². The lowest BCUT2D eigenvalue weighted by Gasteiger charge is -2.14. The molecule has 0 amide bonds. The van der Waals surface area contributed by atoms with Crippen molar-refractivity contribution in [2.75, 3.05) is 6.54 Å². The maximum absolute atomic E-state index is 12.2. The summed E-state index contributed by atoms with van der Waals surface area (Å²) in [5.41, 5.74) is 1.23. The molecule has 2 saturated carbocycles. The van der Waals surface area contributed by atoms with Crippen LogP contribution in [0.25, 0.3) is 0 Å². The molecule has 110 valence electrons. The lowest BCUT2D eigenvalue weighted by molar-refractivity contribution is 0.555. The van der Waals surface area contributed by atoms with Crippen molar-refractivity contribution in [3.05, 3.63) is 35.9 Å². The van der Waals surface area contributed by atoms with E-state index >= 15 is 0 Å². The number of hydrogen-bond acceptors (Lipinski definition) is 3. The van der Waals surface area contributed by atoms with Gasteiger partial charge in [0, 0.05) is 24.5 Å². The van der Waals surface area contributed by atoms with E-state index in [1.165, 1.54) is 18.4 Å². The average Bonchev–Trinajstić information content (AvgIpc) is 3.32. The van der Waals surface area contributed by atoms with Gasteiger partial charge in [0.1, 0.15) is 0 Å². The average molecular weight is 294 g/mol. The van der Waals surface area contributed by atoms with Gasteiger partial charge in [-0.3, -0.25) is 0 Å². The molecule has 0 aromatic heterocycles. The Morgan fingerprint density at radius 1 is 1.25 bits per heavy atom. The van der Waals surface area contributed by atoms with Gasteiger partial charge >= 0.3 is 0 Å². The van der Waals surface area contributed by atoms with E-state index in [0.717, 1.165) is 6.42 Å². The molecule has 0 aliphatic heterocycles. The Kier molecular flexibility index (Phi) is 3.84. The van der Waals surface area contributed by atoms with Crippen LogP contribution < -0.4 is 10.0 Å². The van der Waals surface area contributed by atoms with Crippen molar-refractivity contribution in [2.24, 2.45) is 0 Å². The molecule has 0 heterocycles. The summed E-state index contributed by atoms with van der Waals surface area (Å²) in [6, 6.07) is 10.7. The van der Waals surface area contributed by atoms with Crippen LogP contribution in [0.15, 0.2) is 30.3 Å². The molecule has 2 N–H and O–H groups in total. The molecule has 3 unspecified atom stereocenters. The van der Waals surface area contributed by atoms with Crippen LogP contribution in [0.5, 0.6) is 0 Å². The SMILES string of the molecule is CC(CNC1CC1)S(=O)(=O)NC1CC1c1ccccc1. The maximum Gasteiger partial charge on any atom is 0.215 e. The fraction of sp³-hybridized carbons (Fsp3) is 0.600. The largest absolute Gasteiger partial charge is 0.313 e. The summed E-state index contributed by atoms with van der Waals surface area (Å²) in [6.07, 6.45) is 3.27. The third kappa shape index (κ3) is 3.40. The number of rotatable bonds is 7. The summed E-state index contributed by atoms with van der Waals surface area (Å²) in [6.45, 7) is 2.32. The van der Waals surface area contributed by atoms with Gasteiger partial charge in [0.15, 0.2) is 0 Å². The lowest BCUT2D eigenvalue weighted by atomic mass is 10.1. The molecule has 2 fully saturated rings. The zero-order valence-electron chi connectivity index (χ0n) is 11.7. The number of sulfonamides is 1. The van der Waals surface area contributed by atoms with E-state index in [0.29, 0.717) is 18.5 Å². The molecule has 2 aliphatic carbocycles. The molecule has 20 heavy (non-hydrogen) atoms. The first-order chi connectivity index (χ1) is 9.56. The topological polar surface area (TPSA) is 58.2 Å². The predicted molar refractivity (Wildman–Crippen MR) is 80.1 cm³/mol. The Morgan fingerprint density at radius 2 is 1.95 bits per heavy atom. The Hall–Kier alpha value is -0.910. The fourth-order valence-electron chi connectivity index (χ4n) is 2.45. The quantitative estimate of drug-likeness (QED) is 0.803. The van der Waals surface area contributed by atoms with Crippen LogP contribution in [0.2, 0.25) is 0 Å². The standard InChI is InChI=1S/C15H22N2O2S/c1-11(10-16-13-7-8-13)20(18,19)17-15-9-14(15)12-5-3-2-4-6-12/h2-6,11,13-17H,7-10H2,1H3. The second-order valence-electron chi connectivity index (χ2n) is 6.02. The van der Waals surface area contributed by atoms with Gasteiger partial charge in [-0.15, -0.1) is 0 Å². The molecule has 3 rings (SSSR count). The summed E-state index contributed by atoms with van der Waals surface area (Å²) >= 11 is 0. The van der Waals surface area contributed by atoms with Gasteiger partial charge in [-0.25, -0.2) is 13.1 Å². The molecule has 4 nitrogen and oxygen atoms in total. The molecule has 1 aromatic rings. The van der Waals surface area contributed by atoms with E-state index in [1.54, 1.807) is 6.92 Å². The van der Waals surface area contributed by atoms with E-state index in [4.69, 9.17) is 0 Å². The molecule has 5 heteroatoms. The first-order valence-electron chi connectivity index (χ1n) is 7.36. The molecule has 0 radical (unpaired) electrons. The van der Waals surface area contributed by atoms with Crippen molar-refractivity contribution >= 4 is 10.0 Å². The van der Waals surface area contributed by atoms with Crippen LogP contribution in [0.4, 0.5) is 0 Å². The van der Waals surface area contributed by atoms with Crippen molar-refractivity contribution in [1.29, 1.82) is 0 Å². The highest BCUT2D eigenvalue weighted by molar-refractivity contribution is 7.90. The van der Waals surface area contributed by atoms with E-state index in [9.17, 15) is 8.42 Å².